The Balaban J connectivity index is 2.85. The summed E-state index contributed by atoms with van der Waals surface area (Å²) in [6, 6.07) is 3.02. The van der Waals surface area contributed by atoms with E-state index < -0.39 is 9.58 Å². The van der Waals surface area contributed by atoms with Crippen LogP contribution in [0.15, 0.2) is 28.9 Å². The van der Waals surface area contributed by atoms with Crippen molar-refractivity contribution in [2.24, 2.45) is 0 Å². The van der Waals surface area contributed by atoms with Gasteiger partial charge >= 0.3 is 0 Å². The topological polar surface area (TPSA) is 50.4 Å². The Morgan fingerprint density at radius 1 is 1.50 bits per heavy atom. The monoisotopic (exact) mass is 254 g/mol. The molecule has 76 valence electrons. The highest BCUT2D eigenvalue weighted by molar-refractivity contribution is 6.77. The van der Waals surface area contributed by atoms with E-state index in [0.29, 0.717) is 0 Å². The van der Waals surface area contributed by atoms with Gasteiger partial charge in [-0.25, -0.2) is 0 Å². The summed E-state index contributed by atoms with van der Waals surface area (Å²) in [6.07, 6.45) is 2.14. The molecule has 0 atom stereocenters. The summed E-state index contributed by atoms with van der Waals surface area (Å²) in [7, 11) is 0. The first kappa shape index (κ1) is 11.4. The quantitative estimate of drug-likeness (QED) is 0.502. The molecule has 0 unspecified atom stereocenters. The van der Waals surface area contributed by atoms with Crippen molar-refractivity contribution in [3.63, 3.8) is 0 Å². The van der Waals surface area contributed by atoms with Gasteiger partial charge in [-0.2, -0.15) is 0 Å². The zero-order valence-corrected chi connectivity index (χ0v) is 8.97. The number of furan rings is 1. The van der Waals surface area contributed by atoms with Crippen LogP contribution in [0.4, 0.5) is 0 Å². The van der Waals surface area contributed by atoms with Crippen molar-refractivity contribution in [3.8, 4) is 0 Å². The molecule has 0 aliphatic carbocycles. The number of alkyl halides is 3. The number of carbonyl (C=O) groups is 1. The molecule has 0 spiro atoms. The second kappa shape index (κ2) is 4.26. The van der Waals surface area contributed by atoms with Crippen molar-refractivity contribution in [1.29, 1.82) is 0 Å². The lowest BCUT2D eigenvalue weighted by molar-refractivity contribution is -0.113. The Labute approximate surface area is 94.9 Å². The highest BCUT2D eigenvalue weighted by atomic mass is 35.6. The molecule has 1 aromatic heterocycles. The molecule has 1 aromatic rings. The minimum atomic E-state index is -2.07. The molecule has 1 heterocycles. The third kappa shape index (κ3) is 2.94. The number of aliphatic hydroxyl groups is 1. The van der Waals surface area contributed by atoms with Crippen LogP contribution in [0.2, 0.25) is 0 Å². The Bertz CT molecular complexity index is 348. The minimum absolute atomic E-state index is 0.132. The van der Waals surface area contributed by atoms with E-state index in [1.165, 1.54) is 12.3 Å². The van der Waals surface area contributed by atoms with Crippen LogP contribution in [0.25, 0.3) is 5.76 Å². The summed E-state index contributed by atoms with van der Waals surface area (Å²) in [5.41, 5.74) is 0. The van der Waals surface area contributed by atoms with Crippen LogP contribution in [-0.4, -0.2) is 14.7 Å². The molecule has 0 bridgehead atoms. The maximum Gasteiger partial charge on any atom is 0.252 e. The Kier molecular flexibility index (Phi) is 3.48. The lowest BCUT2D eigenvalue weighted by Crippen LogP contribution is -2.16. The lowest BCUT2D eigenvalue weighted by Gasteiger charge is -2.04. The normalized spacial score (nSPS) is 12.9. The van der Waals surface area contributed by atoms with E-state index in [1.807, 2.05) is 0 Å². The molecule has 0 amide bonds. The van der Waals surface area contributed by atoms with Gasteiger partial charge in [0.25, 0.3) is 3.79 Å². The number of carbonyl (C=O) groups excluding carboxylic acids is 1. The smallest absolute Gasteiger partial charge is 0.252 e. The average molecular weight is 255 g/mol. The fraction of sp³-hybridized carbons (Fsp3) is 0.125. The van der Waals surface area contributed by atoms with Gasteiger partial charge in [0.1, 0.15) is 0 Å². The molecule has 1 rings (SSSR count). The molecular weight excluding hydrogens is 250 g/mol. The van der Waals surface area contributed by atoms with Gasteiger partial charge < -0.3 is 9.52 Å². The highest BCUT2D eigenvalue weighted by Crippen LogP contribution is 2.28. The maximum absolute atomic E-state index is 11.1. The van der Waals surface area contributed by atoms with Gasteiger partial charge in [0.15, 0.2) is 11.5 Å². The van der Waals surface area contributed by atoms with Gasteiger partial charge in [0.05, 0.1) is 6.26 Å². The van der Waals surface area contributed by atoms with E-state index in [1.54, 1.807) is 6.07 Å². The summed E-state index contributed by atoms with van der Waals surface area (Å²) in [4.78, 5) is 11.1. The molecule has 0 aliphatic rings. The van der Waals surface area contributed by atoms with Crippen molar-refractivity contribution in [3.05, 3.63) is 30.2 Å². The van der Waals surface area contributed by atoms with E-state index in [-0.39, 0.29) is 11.5 Å². The van der Waals surface area contributed by atoms with Gasteiger partial charge in [0.2, 0.25) is 5.78 Å². The summed E-state index contributed by atoms with van der Waals surface area (Å²) in [5.74, 6) is -1.09. The van der Waals surface area contributed by atoms with Crippen LogP contribution in [0, 0.1) is 0 Å². The van der Waals surface area contributed by atoms with Crippen LogP contribution < -0.4 is 0 Å². The molecule has 0 radical (unpaired) electrons. The van der Waals surface area contributed by atoms with Crippen LogP contribution in [0.3, 0.4) is 0 Å². The summed E-state index contributed by atoms with van der Waals surface area (Å²) >= 11 is 15.9. The van der Waals surface area contributed by atoms with E-state index in [4.69, 9.17) is 39.2 Å². The van der Waals surface area contributed by atoms with Crippen molar-refractivity contribution >= 4 is 46.3 Å². The SMILES string of the molecule is O=C(/C=C(\O)c1ccco1)C(Cl)(Cl)Cl. The van der Waals surface area contributed by atoms with Gasteiger partial charge in [-0.3, -0.25) is 4.79 Å². The van der Waals surface area contributed by atoms with Crippen molar-refractivity contribution in [1.82, 2.24) is 0 Å². The van der Waals surface area contributed by atoms with Crippen LogP contribution in [0.5, 0.6) is 0 Å². The Hall–Kier alpha value is -0.640. The second-order valence-electron chi connectivity index (χ2n) is 2.37. The van der Waals surface area contributed by atoms with Gasteiger partial charge in [-0.05, 0) is 12.1 Å². The van der Waals surface area contributed by atoms with Crippen LogP contribution in [-0.2, 0) is 4.79 Å². The summed E-state index contributed by atoms with van der Waals surface area (Å²) < 4.78 is 2.74. The van der Waals surface area contributed by atoms with Gasteiger partial charge in [-0.15, -0.1) is 0 Å². The number of ketones is 1. The fourth-order valence-corrected chi connectivity index (χ4v) is 0.865. The number of hydrogen-bond acceptors (Lipinski definition) is 3. The fourth-order valence-electron chi connectivity index (χ4n) is 0.701. The molecule has 0 saturated heterocycles. The van der Waals surface area contributed by atoms with Gasteiger partial charge in [0, 0.05) is 6.08 Å². The van der Waals surface area contributed by atoms with Crippen molar-refractivity contribution in [2.45, 2.75) is 3.79 Å². The standard InChI is InChI=1S/C8H5Cl3O3/c9-8(10,11)7(13)4-5(12)6-2-1-3-14-6/h1-4,12H/b5-4-. The zero-order valence-electron chi connectivity index (χ0n) is 6.71. The maximum atomic E-state index is 11.1. The predicted octanol–water partition coefficient (Wildman–Crippen LogP) is 3.12. The molecule has 3 nitrogen and oxygen atoms in total. The number of allylic oxidation sites excluding steroid dienone is 1. The lowest BCUT2D eigenvalue weighted by atomic mass is 10.3. The first-order valence-electron chi connectivity index (χ1n) is 3.47. The molecule has 6 heteroatoms. The van der Waals surface area contributed by atoms with E-state index in [0.717, 1.165) is 6.08 Å². The predicted molar refractivity (Wildman–Crippen MR) is 54.6 cm³/mol. The van der Waals surface area contributed by atoms with Crippen molar-refractivity contribution < 1.29 is 14.3 Å². The Morgan fingerprint density at radius 2 is 2.14 bits per heavy atom. The minimum Gasteiger partial charge on any atom is -0.504 e. The molecule has 1 N–H and O–H groups in total. The molecule has 0 fully saturated rings. The van der Waals surface area contributed by atoms with Crippen LogP contribution in [0.1, 0.15) is 5.76 Å². The van der Waals surface area contributed by atoms with Crippen molar-refractivity contribution in [2.75, 3.05) is 0 Å². The van der Waals surface area contributed by atoms with E-state index in [2.05, 4.69) is 0 Å². The number of halogens is 3. The average Bonchev–Trinajstić information content (AvgIpc) is 2.53. The van der Waals surface area contributed by atoms with E-state index in [9.17, 15) is 9.90 Å². The highest BCUT2D eigenvalue weighted by Gasteiger charge is 2.29. The third-order valence-corrected chi connectivity index (χ3v) is 1.88. The number of hydrogen-bond donors (Lipinski definition) is 1. The molecule has 0 aliphatic heterocycles. The molecule has 0 aromatic carbocycles. The largest absolute Gasteiger partial charge is 0.504 e. The molecule has 0 saturated carbocycles. The zero-order chi connectivity index (χ0) is 10.8. The molecular formula is C8H5Cl3O3. The first-order chi connectivity index (χ1) is 6.41. The Morgan fingerprint density at radius 3 is 2.57 bits per heavy atom. The first-order valence-corrected chi connectivity index (χ1v) is 4.60. The van der Waals surface area contributed by atoms with E-state index >= 15 is 0 Å². The number of aliphatic hydroxyl groups excluding tert-OH is 1. The second-order valence-corrected chi connectivity index (χ2v) is 4.65. The summed E-state index contributed by atoms with van der Waals surface area (Å²) in [5, 5.41) is 9.31. The third-order valence-electron chi connectivity index (χ3n) is 1.32. The van der Waals surface area contributed by atoms with Gasteiger partial charge in [-0.1, -0.05) is 34.8 Å². The summed E-state index contributed by atoms with van der Waals surface area (Å²) in [6.45, 7) is 0. The molecule has 14 heavy (non-hydrogen) atoms. The van der Waals surface area contributed by atoms with Crippen LogP contribution >= 0.6 is 34.8 Å². The number of rotatable bonds is 2.